The molecule has 4 aromatic rings. The van der Waals surface area contributed by atoms with Crippen molar-refractivity contribution >= 4 is 22.8 Å². The lowest BCUT2D eigenvalue weighted by molar-refractivity contribution is 0.396. The summed E-state index contributed by atoms with van der Waals surface area (Å²) in [4.78, 5) is 8.65. The average Bonchev–Trinajstić information content (AvgIpc) is 3.05. The molecule has 0 aliphatic heterocycles. The minimum atomic E-state index is 0.519. The monoisotopic (exact) mass is 558 g/mol. The van der Waals surface area contributed by atoms with Gasteiger partial charge in [-0.05, 0) is 77.4 Å². The predicted molar refractivity (Wildman–Crippen MR) is 183 cm³/mol. The summed E-state index contributed by atoms with van der Waals surface area (Å²) in [6.07, 6.45) is 9.90. The van der Waals surface area contributed by atoms with Gasteiger partial charge < -0.3 is 15.1 Å². The number of hydrogen-bond donors (Lipinski definition) is 1. The van der Waals surface area contributed by atoms with Crippen LogP contribution in [0.2, 0.25) is 0 Å². The highest BCUT2D eigenvalue weighted by molar-refractivity contribution is 5.77. The summed E-state index contributed by atoms with van der Waals surface area (Å²) >= 11 is 0. The summed E-state index contributed by atoms with van der Waals surface area (Å²) in [6, 6.07) is 30.3. The molecule has 0 spiro atoms. The molecule has 0 atom stereocenters. The Morgan fingerprint density at radius 2 is 1.40 bits per heavy atom. The number of allylic oxidation sites excluding steroid dienone is 1. The predicted octanol–water partition coefficient (Wildman–Crippen LogP) is 10.0. The number of aromatic nitrogens is 1. The first-order valence-electron chi connectivity index (χ1n) is 15.3. The van der Waals surface area contributed by atoms with E-state index in [-0.39, 0.29) is 0 Å². The van der Waals surface area contributed by atoms with Gasteiger partial charge in [0.05, 0.1) is 0 Å². The zero-order valence-corrected chi connectivity index (χ0v) is 25.8. The maximum absolute atomic E-state index is 4.66. The molecule has 1 aliphatic carbocycles. The molecule has 1 N–H and O–H groups in total. The molecule has 1 heterocycles. The van der Waals surface area contributed by atoms with Crippen molar-refractivity contribution in [3.05, 3.63) is 127 Å². The second-order valence-corrected chi connectivity index (χ2v) is 10.9. The topological polar surface area (TPSA) is 31.4 Å². The number of benzene rings is 3. The van der Waals surface area contributed by atoms with Crippen molar-refractivity contribution in [2.75, 3.05) is 29.2 Å². The van der Waals surface area contributed by atoms with E-state index in [2.05, 4.69) is 120 Å². The summed E-state index contributed by atoms with van der Waals surface area (Å²) < 4.78 is 0. The van der Waals surface area contributed by atoms with Crippen LogP contribution in [0, 0.1) is 5.92 Å². The second kappa shape index (κ2) is 15.1. The molecule has 218 valence electrons. The SMILES string of the molecule is C=C(Nc1ccncc1)c1cccc(N(Cc2ccc(-c3ccc(N(C)C)cc3)cc2)C(=C)C2CCCCC2)c1.CC. The summed E-state index contributed by atoms with van der Waals surface area (Å²) in [5.41, 5.74) is 10.2. The molecule has 0 unspecified atom stereocenters. The molecule has 1 aromatic heterocycles. The fraction of sp³-hybridized carbons (Fsp3) is 0.289. The quantitative estimate of drug-likeness (QED) is 0.210. The second-order valence-electron chi connectivity index (χ2n) is 10.9. The first-order chi connectivity index (χ1) is 20.5. The van der Waals surface area contributed by atoms with E-state index in [1.165, 1.54) is 60.2 Å². The van der Waals surface area contributed by atoms with Gasteiger partial charge in [-0.3, -0.25) is 4.98 Å². The van der Waals surface area contributed by atoms with Crippen molar-refractivity contribution in [1.82, 2.24) is 4.98 Å². The van der Waals surface area contributed by atoms with Crippen LogP contribution >= 0.6 is 0 Å². The average molecular weight is 559 g/mol. The van der Waals surface area contributed by atoms with Gasteiger partial charge in [-0.15, -0.1) is 0 Å². The van der Waals surface area contributed by atoms with Gasteiger partial charge in [-0.2, -0.15) is 0 Å². The van der Waals surface area contributed by atoms with Crippen LogP contribution < -0.4 is 15.1 Å². The van der Waals surface area contributed by atoms with Gasteiger partial charge in [0.15, 0.2) is 0 Å². The van der Waals surface area contributed by atoms with Gasteiger partial charge in [0.2, 0.25) is 0 Å². The van der Waals surface area contributed by atoms with Crippen LogP contribution in [0.3, 0.4) is 0 Å². The molecule has 0 bridgehead atoms. The molecular formula is C38H46N4. The molecule has 1 fully saturated rings. The molecular weight excluding hydrogens is 512 g/mol. The molecule has 5 rings (SSSR count). The fourth-order valence-electron chi connectivity index (χ4n) is 5.50. The van der Waals surface area contributed by atoms with Crippen molar-refractivity contribution in [1.29, 1.82) is 0 Å². The van der Waals surface area contributed by atoms with E-state index < -0.39 is 0 Å². The number of pyridine rings is 1. The van der Waals surface area contributed by atoms with E-state index in [0.717, 1.165) is 29.2 Å². The lowest BCUT2D eigenvalue weighted by Gasteiger charge is -2.34. The van der Waals surface area contributed by atoms with Gasteiger partial charge in [0.1, 0.15) is 0 Å². The van der Waals surface area contributed by atoms with Crippen LogP contribution in [0.1, 0.15) is 57.1 Å². The maximum atomic E-state index is 4.66. The lowest BCUT2D eigenvalue weighted by atomic mass is 9.86. The smallest absolute Gasteiger partial charge is 0.0478 e. The van der Waals surface area contributed by atoms with E-state index in [0.29, 0.717) is 5.92 Å². The summed E-state index contributed by atoms with van der Waals surface area (Å²) in [6.45, 7) is 13.8. The lowest BCUT2D eigenvalue weighted by Crippen LogP contribution is -2.27. The molecule has 1 aliphatic rings. The number of hydrogen-bond acceptors (Lipinski definition) is 4. The Balaban J connectivity index is 0.00000198. The Bertz CT molecular complexity index is 1420. The van der Waals surface area contributed by atoms with Gasteiger partial charge >= 0.3 is 0 Å². The molecule has 1 saturated carbocycles. The van der Waals surface area contributed by atoms with Crippen LogP contribution in [-0.2, 0) is 6.54 Å². The number of anilines is 3. The zero-order valence-electron chi connectivity index (χ0n) is 25.8. The van der Waals surface area contributed by atoms with Crippen molar-refractivity contribution in [3.8, 4) is 11.1 Å². The summed E-state index contributed by atoms with van der Waals surface area (Å²) in [5.74, 6) is 0.519. The van der Waals surface area contributed by atoms with Gasteiger partial charge in [0, 0.05) is 61.5 Å². The Hall–Kier alpha value is -4.31. The fourth-order valence-corrected chi connectivity index (χ4v) is 5.50. The van der Waals surface area contributed by atoms with Crippen molar-refractivity contribution < 1.29 is 0 Å². The van der Waals surface area contributed by atoms with Gasteiger partial charge in [0.25, 0.3) is 0 Å². The van der Waals surface area contributed by atoms with E-state index in [1.807, 2.05) is 26.0 Å². The van der Waals surface area contributed by atoms with E-state index in [9.17, 15) is 0 Å². The van der Waals surface area contributed by atoms with E-state index >= 15 is 0 Å². The third-order valence-corrected chi connectivity index (χ3v) is 7.92. The Morgan fingerprint density at radius 1 is 0.786 bits per heavy atom. The zero-order chi connectivity index (χ0) is 29.9. The van der Waals surface area contributed by atoms with Gasteiger partial charge in [-0.1, -0.05) is 94.8 Å². The highest BCUT2D eigenvalue weighted by Gasteiger charge is 2.22. The third kappa shape index (κ3) is 7.91. The molecule has 0 radical (unpaired) electrons. The summed E-state index contributed by atoms with van der Waals surface area (Å²) in [5, 5.41) is 3.42. The largest absolute Gasteiger partial charge is 0.378 e. The third-order valence-electron chi connectivity index (χ3n) is 7.92. The first-order valence-corrected chi connectivity index (χ1v) is 15.3. The highest BCUT2D eigenvalue weighted by atomic mass is 15.1. The molecule has 42 heavy (non-hydrogen) atoms. The number of rotatable bonds is 10. The Labute approximate surface area is 253 Å². The van der Waals surface area contributed by atoms with Crippen LogP contribution in [0.15, 0.2) is 116 Å². The van der Waals surface area contributed by atoms with Crippen molar-refractivity contribution in [2.45, 2.75) is 52.5 Å². The van der Waals surface area contributed by atoms with Crippen LogP contribution in [0.5, 0.6) is 0 Å². The molecule has 3 aromatic carbocycles. The minimum Gasteiger partial charge on any atom is -0.378 e. The molecule has 0 amide bonds. The van der Waals surface area contributed by atoms with Crippen LogP contribution in [-0.4, -0.2) is 19.1 Å². The normalized spacial score (nSPS) is 13.0. The summed E-state index contributed by atoms with van der Waals surface area (Å²) in [7, 11) is 4.14. The Kier molecular flexibility index (Phi) is 11.0. The number of nitrogens with zero attached hydrogens (tertiary/aromatic N) is 3. The minimum absolute atomic E-state index is 0.519. The highest BCUT2D eigenvalue weighted by Crippen LogP contribution is 2.35. The van der Waals surface area contributed by atoms with Crippen molar-refractivity contribution in [2.24, 2.45) is 5.92 Å². The Morgan fingerprint density at radius 3 is 2.02 bits per heavy atom. The molecule has 4 heteroatoms. The maximum Gasteiger partial charge on any atom is 0.0478 e. The van der Waals surface area contributed by atoms with Crippen molar-refractivity contribution in [3.63, 3.8) is 0 Å². The van der Waals surface area contributed by atoms with E-state index in [1.54, 1.807) is 12.4 Å². The van der Waals surface area contributed by atoms with E-state index in [4.69, 9.17) is 0 Å². The number of nitrogens with one attached hydrogen (secondary N) is 1. The van der Waals surface area contributed by atoms with Crippen LogP contribution in [0.25, 0.3) is 16.8 Å². The van der Waals surface area contributed by atoms with Crippen LogP contribution in [0.4, 0.5) is 17.1 Å². The first kappa shape index (κ1) is 30.6. The van der Waals surface area contributed by atoms with Gasteiger partial charge in [-0.25, -0.2) is 0 Å². The molecule has 4 nitrogen and oxygen atoms in total. The standard InChI is InChI=1S/C36H40N4.C2H6/c1-27(38-34-21-23-37-24-22-34)33-11-8-12-36(25-33)40(28(2)30-9-6-5-7-10-30)26-29-13-15-31(16-14-29)32-17-19-35(20-18-32)39(3)4;1-2/h8,11-25,30H,1-2,5-7,9-10,26H2,3-4H3,(H,37,38);1-2H3. The molecule has 0 saturated heterocycles.